The lowest BCUT2D eigenvalue weighted by atomic mass is 10.0. The first-order valence-corrected chi connectivity index (χ1v) is 17.5. The van der Waals surface area contributed by atoms with Gasteiger partial charge in [-0.15, -0.1) is 0 Å². The third-order valence-electron chi connectivity index (χ3n) is 10.6. The van der Waals surface area contributed by atoms with Gasteiger partial charge in [-0.25, -0.2) is 0 Å². The molecule has 3 nitrogen and oxygen atoms in total. The van der Waals surface area contributed by atoms with Gasteiger partial charge in [0.05, 0.1) is 33.1 Å². The summed E-state index contributed by atoms with van der Waals surface area (Å²) in [6.45, 7) is 0. The van der Waals surface area contributed by atoms with Crippen molar-refractivity contribution in [1.29, 1.82) is 0 Å². The molecule has 0 spiro atoms. The third-order valence-corrected chi connectivity index (χ3v) is 10.6. The van der Waals surface area contributed by atoms with Crippen LogP contribution in [0.3, 0.4) is 0 Å². The summed E-state index contributed by atoms with van der Waals surface area (Å²) in [6.07, 6.45) is 0. The molecule has 0 radical (unpaired) electrons. The Hall–Kier alpha value is -6.84. The molecule has 51 heavy (non-hydrogen) atoms. The quantitative estimate of drug-likeness (QED) is 0.180. The predicted molar refractivity (Wildman–Crippen MR) is 215 cm³/mol. The number of aromatic nitrogens is 3. The van der Waals surface area contributed by atoms with E-state index in [0.717, 1.165) is 11.4 Å². The minimum Gasteiger partial charge on any atom is -0.309 e. The molecule has 0 saturated heterocycles. The first kappa shape index (κ1) is 28.0. The summed E-state index contributed by atoms with van der Waals surface area (Å²) >= 11 is 0. The van der Waals surface area contributed by atoms with Crippen molar-refractivity contribution in [3.8, 4) is 28.2 Å². The summed E-state index contributed by atoms with van der Waals surface area (Å²) in [5.74, 6) is 0. The highest BCUT2D eigenvalue weighted by molar-refractivity contribution is 6.24. The Balaban J connectivity index is 1.23. The number of nitrogens with zero attached hydrogens (tertiary/aromatic N) is 3. The van der Waals surface area contributed by atoms with Crippen LogP contribution in [0.5, 0.6) is 0 Å². The van der Waals surface area contributed by atoms with E-state index in [2.05, 4.69) is 202 Å². The smallest absolute Gasteiger partial charge is 0.0788 e. The van der Waals surface area contributed by atoms with Crippen molar-refractivity contribution in [3.05, 3.63) is 188 Å². The first-order valence-electron chi connectivity index (χ1n) is 17.5. The molecule has 0 unspecified atom stereocenters. The van der Waals surface area contributed by atoms with Crippen molar-refractivity contribution in [2.24, 2.45) is 0 Å². The van der Waals surface area contributed by atoms with Crippen LogP contribution < -0.4 is 0 Å². The normalized spacial score (nSPS) is 11.9. The van der Waals surface area contributed by atoms with Crippen molar-refractivity contribution in [2.45, 2.75) is 0 Å². The second-order valence-corrected chi connectivity index (χ2v) is 13.4. The van der Waals surface area contributed by atoms with Gasteiger partial charge in [0.15, 0.2) is 0 Å². The summed E-state index contributed by atoms with van der Waals surface area (Å²) in [5.41, 5.74) is 13.1. The Labute approximate surface area is 294 Å². The molecule has 3 aromatic heterocycles. The summed E-state index contributed by atoms with van der Waals surface area (Å²) in [5, 5.41) is 7.51. The molecule has 3 heteroatoms. The maximum Gasteiger partial charge on any atom is 0.0788 e. The summed E-state index contributed by atoms with van der Waals surface area (Å²) in [6, 6.07) is 68.4. The highest BCUT2D eigenvalue weighted by atomic mass is 15.0. The second kappa shape index (κ2) is 10.8. The van der Waals surface area contributed by atoms with Gasteiger partial charge in [0, 0.05) is 49.4 Å². The van der Waals surface area contributed by atoms with E-state index >= 15 is 0 Å². The molecule has 0 atom stereocenters. The van der Waals surface area contributed by atoms with Crippen molar-refractivity contribution < 1.29 is 0 Å². The number of benzene rings is 8. The highest BCUT2D eigenvalue weighted by Gasteiger charge is 2.22. The van der Waals surface area contributed by atoms with Crippen LogP contribution in [0.2, 0.25) is 0 Å². The average molecular weight is 650 g/mol. The minimum atomic E-state index is 1.15. The Kier molecular flexibility index (Phi) is 5.96. The molecular weight excluding hydrogens is 619 g/mol. The summed E-state index contributed by atoms with van der Waals surface area (Å²) < 4.78 is 7.32. The molecule has 0 aliphatic carbocycles. The highest BCUT2D eigenvalue weighted by Crippen LogP contribution is 2.43. The van der Waals surface area contributed by atoms with Gasteiger partial charge in [-0.2, -0.15) is 0 Å². The molecule has 0 amide bonds. The summed E-state index contributed by atoms with van der Waals surface area (Å²) in [7, 11) is 0. The Morgan fingerprint density at radius 1 is 0.235 bits per heavy atom. The van der Waals surface area contributed by atoms with Crippen LogP contribution in [0.4, 0.5) is 0 Å². The molecule has 8 aromatic carbocycles. The van der Waals surface area contributed by atoms with Crippen molar-refractivity contribution >= 4 is 65.4 Å². The van der Waals surface area contributed by atoms with E-state index in [4.69, 9.17) is 0 Å². The number of fused-ring (bicyclic) bond motifs is 10. The Morgan fingerprint density at radius 3 is 1.10 bits per heavy atom. The SMILES string of the molecule is c1ccc(-n2c3ccccc3c3ccc(-c4ccc5c6ccc7c8ccccc8n(-c8ccccc8)c7c6n(-c6ccccc6)c5c4)cc32)cc1. The fourth-order valence-electron chi connectivity index (χ4n) is 8.42. The monoisotopic (exact) mass is 649 g/mol. The molecule has 0 aliphatic heterocycles. The van der Waals surface area contributed by atoms with E-state index in [0.29, 0.717) is 0 Å². The molecule has 0 fully saturated rings. The molecule has 238 valence electrons. The molecule has 0 saturated carbocycles. The Morgan fingerprint density at radius 2 is 0.569 bits per heavy atom. The van der Waals surface area contributed by atoms with Crippen LogP contribution in [-0.4, -0.2) is 13.7 Å². The third kappa shape index (κ3) is 4.06. The second-order valence-electron chi connectivity index (χ2n) is 13.4. The molecular formula is C48H31N3. The van der Waals surface area contributed by atoms with Crippen LogP contribution in [0.15, 0.2) is 188 Å². The van der Waals surface area contributed by atoms with Gasteiger partial charge in [-0.05, 0) is 71.8 Å². The zero-order valence-corrected chi connectivity index (χ0v) is 27.7. The van der Waals surface area contributed by atoms with E-state index in [1.54, 1.807) is 0 Å². The van der Waals surface area contributed by atoms with Gasteiger partial charge >= 0.3 is 0 Å². The molecule has 0 N–H and O–H groups in total. The van der Waals surface area contributed by atoms with E-state index in [9.17, 15) is 0 Å². The molecule has 0 aliphatic rings. The molecule has 11 aromatic rings. The van der Waals surface area contributed by atoms with E-state index < -0.39 is 0 Å². The Bertz CT molecular complexity index is 3110. The maximum atomic E-state index is 2.48. The first-order chi connectivity index (χ1) is 25.3. The van der Waals surface area contributed by atoms with E-state index in [1.807, 2.05) is 0 Å². The predicted octanol–water partition coefficient (Wildman–Crippen LogP) is 12.6. The molecule has 3 heterocycles. The molecule has 0 bridgehead atoms. The average Bonchev–Trinajstić information content (AvgIpc) is 3.84. The lowest BCUT2D eigenvalue weighted by Gasteiger charge is -2.13. The maximum absolute atomic E-state index is 2.48. The van der Waals surface area contributed by atoms with Gasteiger partial charge in [0.2, 0.25) is 0 Å². The fourth-order valence-corrected chi connectivity index (χ4v) is 8.42. The van der Waals surface area contributed by atoms with Crippen LogP contribution in [0.1, 0.15) is 0 Å². The lowest BCUT2D eigenvalue weighted by Crippen LogP contribution is -1.98. The van der Waals surface area contributed by atoms with Gasteiger partial charge in [0.1, 0.15) is 0 Å². The van der Waals surface area contributed by atoms with Crippen LogP contribution in [-0.2, 0) is 0 Å². The zero-order chi connectivity index (χ0) is 33.5. The van der Waals surface area contributed by atoms with Gasteiger partial charge in [0.25, 0.3) is 0 Å². The van der Waals surface area contributed by atoms with Crippen LogP contribution >= 0.6 is 0 Å². The number of hydrogen-bond acceptors (Lipinski definition) is 0. The topological polar surface area (TPSA) is 14.8 Å². The van der Waals surface area contributed by atoms with E-state index in [1.165, 1.54) is 82.2 Å². The summed E-state index contributed by atoms with van der Waals surface area (Å²) in [4.78, 5) is 0. The molecule has 11 rings (SSSR count). The van der Waals surface area contributed by atoms with Gasteiger partial charge in [-0.3, -0.25) is 0 Å². The largest absolute Gasteiger partial charge is 0.309 e. The number of rotatable bonds is 4. The number of para-hydroxylation sites is 5. The minimum absolute atomic E-state index is 1.15. The van der Waals surface area contributed by atoms with Crippen molar-refractivity contribution in [2.75, 3.05) is 0 Å². The zero-order valence-electron chi connectivity index (χ0n) is 27.7. The van der Waals surface area contributed by atoms with E-state index in [-0.39, 0.29) is 0 Å². The van der Waals surface area contributed by atoms with Crippen LogP contribution in [0, 0.1) is 0 Å². The van der Waals surface area contributed by atoms with Crippen molar-refractivity contribution in [1.82, 2.24) is 13.7 Å². The standard InChI is InChI=1S/C48H31N3/c1-4-14-34(15-5-1)49-43-22-12-10-20-37(43)39-26-24-32(30-45(39)49)33-25-27-40-42-29-28-41-38-21-11-13-23-44(38)50(35-16-6-2-7-17-35)47(41)48(42)51(46(40)31-33)36-18-8-3-9-19-36/h1-31H. The van der Waals surface area contributed by atoms with Crippen LogP contribution in [0.25, 0.3) is 93.6 Å². The lowest BCUT2D eigenvalue weighted by molar-refractivity contribution is 1.15. The number of hydrogen-bond donors (Lipinski definition) is 0. The van der Waals surface area contributed by atoms with Gasteiger partial charge in [-0.1, -0.05) is 127 Å². The van der Waals surface area contributed by atoms with Crippen molar-refractivity contribution in [3.63, 3.8) is 0 Å². The van der Waals surface area contributed by atoms with Gasteiger partial charge < -0.3 is 13.7 Å². The fraction of sp³-hybridized carbons (Fsp3) is 0.